The first-order valence-corrected chi connectivity index (χ1v) is 8.44. The van der Waals surface area contributed by atoms with E-state index >= 15 is 0 Å². The molecular formula is C18H28N2O3. The van der Waals surface area contributed by atoms with Crippen molar-refractivity contribution in [3.05, 3.63) is 29.8 Å². The highest BCUT2D eigenvalue weighted by molar-refractivity contribution is 5.74. The zero-order valence-corrected chi connectivity index (χ0v) is 14.1. The van der Waals surface area contributed by atoms with Crippen LogP contribution in [0.3, 0.4) is 0 Å². The average molecular weight is 320 g/mol. The number of likely N-dealkylation sites (tertiary alicyclic amines) is 1. The van der Waals surface area contributed by atoms with Crippen LogP contribution in [0.5, 0.6) is 5.75 Å². The number of amides is 2. The largest absolute Gasteiger partial charge is 0.493 e. The summed E-state index contributed by atoms with van der Waals surface area (Å²) < 4.78 is 5.81. The summed E-state index contributed by atoms with van der Waals surface area (Å²) in [5.41, 5.74) is 0.992. The molecule has 1 saturated heterocycles. The smallest absolute Gasteiger partial charge is 0.317 e. The Kier molecular flexibility index (Phi) is 6.71. The van der Waals surface area contributed by atoms with E-state index in [0.717, 1.165) is 24.2 Å². The van der Waals surface area contributed by atoms with Gasteiger partial charge in [-0.05, 0) is 30.7 Å². The first kappa shape index (κ1) is 17.6. The van der Waals surface area contributed by atoms with Crippen LogP contribution in [0.4, 0.5) is 4.79 Å². The van der Waals surface area contributed by atoms with Crippen molar-refractivity contribution in [3.8, 4) is 5.75 Å². The molecule has 2 rings (SSSR count). The summed E-state index contributed by atoms with van der Waals surface area (Å²) in [7, 11) is 0. The zero-order valence-electron chi connectivity index (χ0n) is 14.1. The number of piperidine rings is 1. The minimum absolute atomic E-state index is 0.0416. The molecule has 1 aromatic rings. The van der Waals surface area contributed by atoms with Crippen LogP contribution in [0.15, 0.2) is 24.3 Å². The van der Waals surface area contributed by atoms with E-state index in [1.165, 1.54) is 0 Å². The summed E-state index contributed by atoms with van der Waals surface area (Å²) in [6.45, 7) is 6.99. The Balaban J connectivity index is 1.84. The summed E-state index contributed by atoms with van der Waals surface area (Å²) in [5.74, 6) is 1.63. The predicted octanol–water partition coefficient (Wildman–Crippen LogP) is 2.64. The molecule has 0 aromatic heterocycles. The Labute approximate surface area is 138 Å². The van der Waals surface area contributed by atoms with Gasteiger partial charge in [0.2, 0.25) is 0 Å². The number of ether oxygens (including phenoxy) is 1. The Morgan fingerprint density at radius 2 is 2.04 bits per heavy atom. The molecule has 1 aliphatic rings. The molecule has 128 valence electrons. The van der Waals surface area contributed by atoms with E-state index in [0.29, 0.717) is 38.1 Å². The second-order valence-corrected chi connectivity index (χ2v) is 6.58. The van der Waals surface area contributed by atoms with E-state index < -0.39 is 0 Å². The third kappa shape index (κ3) is 5.43. The lowest BCUT2D eigenvalue weighted by Gasteiger charge is -2.31. The number of rotatable bonds is 6. The molecule has 0 radical (unpaired) electrons. The minimum atomic E-state index is -0.0416. The minimum Gasteiger partial charge on any atom is -0.493 e. The third-order valence-electron chi connectivity index (χ3n) is 4.13. The number of benzene rings is 1. The molecule has 0 saturated carbocycles. The lowest BCUT2D eigenvalue weighted by molar-refractivity contribution is 0.137. The Morgan fingerprint density at radius 3 is 2.70 bits per heavy atom. The fourth-order valence-corrected chi connectivity index (χ4v) is 2.65. The van der Waals surface area contributed by atoms with Crippen LogP contribution in [0.25, 0.3) is 0 Å². The summed E-state index contributed by atoms with van der Waals surface area (Å²) in [6.07, 6.45) is 1.75. The number of nitrogens with zero attached hydrogens (tertiary/aromatic N) is 1. The number of aliphatic hydroxyl groups is 1. The van der Waals surface area contributed by atoms with Crippen LogP contribution < -0.4 is 10.1 Å². The Hall–Kier alpha value is -1.75. The summed E-state index contributed by atoms with van der Waals surface area (Å²) in [4.78, 5) is 14.1. The van der Waals surface area contributed by atoms with Crippen molar-refractivity contribution < 1.29 is 14.6 Å². The maximum absolute atomic E-state index is 12.3. The quantitative estimate of drug-likeness (QED) is 0.847. The maximum Gasteiger partial charge on any atom is 0.317 e. The molecule has 2 N–H and O–H groups in total. The van der Waals surface area contributed by atoms with Crippen molar-refractivity contribution in [2.24, 2.45) is 11.8 Å². The van der Waals surface area contributed by atoms with Gasteiger partial charge in [-0.25, -0.2) is 4.79 Å². The standard InChI is InChI=1S/C18H28N2O3/c1-14(2)13-23-17-6-4-3-5-16(17)11-19-18(22)20-9-7-15(12-21)8-10-20/h3-6,14-15,21H,7-13H2,1-2H3,(H,19,22). The zero-order chi connectivity index (χ0) is 16.7. The Morgan fingerprint density at radius 1 is 1.35 bits per heavy atom. The number of carbonyl (C=O) groups excluding carboxylic acids is 1. The van der Waals surface area contributed by atoms with Gasteiger partial charge in [-0.3, -0.25) is 0 Å². The van der Waals surface area contributed by atoms with Gasteiger partial charge in [0.1, 0.15) is 5.75 Å². The molecule has 2 amide bonds. The highest BCUT2D eigenvalue weighted by Crippen LogP contribution is 2.19. The van der Waals surface area contributed by atoms with Gasteiger partial charge in [0, 0.05) is 31.8 Å². The fourth-order valence-electron chi connectivity index (χ4n) is 2.65. The van der Waals surface area contributed by atoms with Crippen molar-refractivity contribution >= 4 is 6.03 Å². The number of hydrogen-bond acceptors (Lipinski definition) is 3. The molecule has 5 heteroatoms. The van der Waals surface area contributed by atoms with Gasteiger partial charge in [0.25, 0.3) is 0 Å². The van der Waals surface area contributed by atoms with E-state index in [1.807, 2.05) is 29.2 Å². The van der Waals surface area contributed by atoms with Gasteiger partial charge in [0.15, 0.2) is 0 Å². The molecule has 23 heavy (non-hydrogen) atoms. The van der Waals surface area contributed by atoms with E-state index in [-0.39, 0.29) is 12.6 Å². The van der Waals surface area contributed by atoms with Crippen molar-refractivity contribution in [3.63, 3.8) is 0 Å². The molecule has 0 spiro atoms. The maximum atomic E-state index is 12.3. The average Bonchev–Trinajstić information content (AvgIpc) is 2.58. The molecule has 0 unspecified atom stereocenters. The highest BCUT2D eigenvalue weighted by Gasteiger charge is 2.22. The van der Waals surface area contributed by atoms with Gasteiger partial charge in [-0.1, -0.05) is 32.0 Å². The lowest BCUT2D eigenvalue weighted by atomic mass is 9.98. The Bertz CT molecular complexity index is 497. The normalized spacial score (nSPS) is 15.7. The highest BCUT2D eigenvalue weighted by atomic mass is 16.5. The topological polar surface area (TPSA) is 61.8 Å². The van der Waals surface area contributed by atoms with Crippen LogP contribution in [-0.2, 0) is 6.54 Å². The molecule has 0 aliphatic carbocycles. The number of hydrogen-bond donors (Lipinski definition) is 2. The monoisotopic (exact) mass is 320 g/mol. The van der Waals surface area contributed by atoms with E-state index in [1.54, 1.807) is 0 Å². The molecule has 1 heterocycles. The van der Waals surface area contributed by atoms with E-state index in [9.17, 15) is 4.79 Å². The summed E-state index contributed by atoms with van der Waals surface area (Å²) in [5, 5.41) is 12.1. The molecule has 1 aromatic carbocycles. The van der Waals surface area contributed by atoms with Gasteiger partial charge in [-0.2, -0.15) is 0 Å². The molecule has 0 bridgehead atoms. The van der Waals surface area contributed by atoms with Gasteiger partial charge < -0.3 is 20.1 Å². The SMILES string of the molecule is CC(C)COc1ccccc1CNC(=O)N1CCC(CO)CC1. The number of carbonyl (C=O) groups is 1. The van der Waals surface area contributed by atoms with Crippen molar-refractivity contribution in [1.29, 1.82) is 0 Å². The predicted molar refractivity (Wildman–Crippen MR) is 90.4 cm³/mol. The van der Waals surface area contributed by atoms with Crippen molar-refractivity contribution in [2.75, 3.05) is 26.3 Å². The van der Waals surface area contributed by atoms with Crippen molar-refractivity contribution in [2.45, 2.75) is 33.2 Å². The molecule has 1 aliphatic heterocycles. The van der Waals surface area contributed by atoms with Crippen LogP contribution in [0, 0.1) is 11.8 Å². The molecule has 1 fully saturated rings. The van der Waals surface area contributed by atoms with Gasteiger partial charge >= 0.3 is 6.03 Å². The van der Waals surface area contributed by atoms with Crippen LogP contribution >= 0.6 is 0 Å². The molecule has 5 nitrogen and oxygen atoms in total. The second kappa shape index (κ2) is 8.77. The van der Waals surface area contributed by atoms with Crippen molar-refractivity contribution in [1.82, 2.24) is 10.2 Å². The van der Waals surface area contributed by atoms with E-state index in [2.05, 4.69) is 19.2 Å². The first-order chi connectivity index (χ1) is 11.1. The summed E-state index contributed by atoms with van der Waals surface area (Å²) in [6, 6.07) is 7.78. The second-order valence-electron chi connectivity index (χ2n) is 6.58. The van der Waals surface area contributed by atoms with Gasteiger partial charge in [0.05, 0.1) is 6.61 Å². The summed E-state index contributed by atoms with van der Waals surface area (Å²) >= 11 is 0. The molecular weight excluding hydrogens is 292 g/mol. The number of nitrogens with one attached hydrogen (secondary N) is 1. The lowest BCUT2D eigenvalue weighted by Crippen LogP contribution is -2.44. The third-order valence-corrected chi connectivity index (χ3v) is 4.13. The number of aliphatic hydroxyl groups excluding tert-OH is 1. The fraction of sp³-hybridized carbons (Fsp3) is 0.611. The molecule has 0 atom stereocenters. The van der Waals surface area contributed by atoms with Crippen LogP contribution in [0.1, 0.15) is 32.3 Å². The van der Waals surface area contributed by atoms with Crippen LogP contribution in [-0.4, -0.2) is 42.3 Å². The number of urea groups is 1. The number of para-hydroxylation sites is 1. The first-order valence-electron chi connectivity index (χ1n) is 8.44. The van der Waals surface area contributed by atoms with Crippen LogP contribution in [0.2, 0.25) is 0 Å². The van der Waals surface area contributed by atoms with Gasteiger partial charge in [-0.15, -0.1) is 0 Å². The van der Waals surface area contributed by atoms with E-state index in [4.69, 9.17) is 9.84 Å².